The third kappa shape index (κ3) is 4.86. The zero-order valence-corrected chi connectivity index (χ0v) is 18.6. The second kappa shape index (κ2) is 10.0. The first-order chi connectivity index (χ1) is 14.1. The van der Waals surface area contributed by atoms with Crippen LogP contribution in [-0.4, -0.2) is 42.2 Å². The van der Waals surface area contributed by atoms with Crippen molar-refractivity contribution in [3.63, 3.8) is 0 Å². The fraction of sp³-hybridized carbons (Fsp3) is 0.381. The predicted octanol–water partition coefficient (Wildman–Crippen LogP) is 1.83. The SMILES string of the molecule is COCCCn1c(=C(C#N)C(=O)N2CCCC2)sc(=Cc2ccccc2Br)c1=O. The van der Waals surface area contributed by atoms with Gasteiger partial charge in [-0.2, -0.15) is 5.26 Å². The molecule has 1 aromatic heterocycles. The van der Waals surface area contributed by atoms with Crippen LogP contribution >= 0.6 is 27.3 Å². The Morgan fingerprint density at radius 2 is 2.07 bits per heavy atom. The number of carbonyl (C=O) groups excluding carboxylic acids is 1. The van der Waals surface area contributed by atoms with Gasteiger partial charge in [0.25, 0.3) is 11.5 Å². The molecule has 3 rings (SSSR count). The summed E-state index contributed by atoms with van der Waals surface area (Å²) in [6, 6.07) is 9.67. The lowest BCUT2D eigenvalue weighted by Crippen LogP contribution is -2.36. The van der Waals surface area contributed by atoms with Gasteiger partial charge < -0.3 is 9.64 Å². The maximum Gasteiger partial charge on any atom is 0.269 e. The number of thiazole rings is 1. The van der Waals surface area contributed by atoms with Gasteiger partial charge in [-0.3, -0.25) is 14.2 Å². The van der Waals surface area contributed by atoms with Gasteiger partial charge in [0, 0.05) is 37.8 Å². The van der Waals surface area contributed by atoms with E-state index in [0.29, 0.717) is 41.9 Å². The Morgan fingerprint density at radius 3 is 2.72 bits per heavy atom. The Labute approximate surface area is 181 Å². The number of hydrogen-bond donors (Lipinski definition) is 0. The molecule has 0 aliphatic carbocycles. The summed E-state index contributed by atoms with van der Waals surface area (Å²) in [4.78, 5) is 27.7. The molecule has 0 N–H and O–H groups in total. The summed E-state index contributed by atoms with van der Waals surface area (Å²) in [5.74, 6) is -0.292. The monoisotopic (exact) mass is 475 g/mol. The first kappa shape index (κ1) is 21.5. The first-order valence-electron chi connectivity index (χ1n) is 9.45. The van der Waals surface area contributed by atoms with Gasteiger partial charge in [0.15, 0.2) is 5.57 Å². The largest absolute Gasteiger partial charge is 0.385 e. The molecule has 0 spiro atoms. The Balaban J connectivity index is 2.19. The second-order valence-corrected chi connectivity index (χ2v) is 8.61. The van der Waals surface area contributed by atoms with Gasteiger partial charge in [0.1, 0.15) is 10.7 Å². The molecule has 8 heteroatoms. The van der Waals surface area contributed by atoms with E-state index in [1.165, 1.54) is 11.3 Å². The number of ether oxygens (including phenoxy) is 1. The summed E-state index contributed by atoms with van der Waals surface area (Å²) < 4.78 is 8.43. The zero-order valence-electron chi connectivity index (χ0n) is 16.2. The molecule has 0 bridgehead atoms. The number of nitriles is 1. The molecule has 1 saturated heterocycles. The highest BCUT2D eigenvalue weighted by atomic mass is 79.9. The molecule has 0 radical (unpaired) electrons. The summed E-state index contributed by atoms with van der Waals surface area (Å²) >= 11 is 4.69. The Morgan fingerprint density at radius 1 is 1.34 bits per heavy atom. The Kier molecular flexibility index (Phi) is 7.42. The van der Waals surface area contributed by atoms with Crippen molar-refractivity contribution in [2.45, 2.75) is 25.8 Å². The van der Waals surface area contributed by atoms with Crippen molar-refractivity contribution in [3.05, 3.63) is 53.9 Å². The Bertz CT molecular complexity index is 1110. The smallest absolute Gasteiger partial charge is 0.269 e. The van der Waals surface area contributed by atoms with Crippen molar-refractivity contribution in [3.8, 4) is 6.07 Å². The van der Waals surface area contributed by atoms with Gasteiger partial charge in [-0.25, -0.2) is 0 Å². The van der Waals surface area contributed by atoms with Crippen LogP contribution in [0.4, 0.5) is 0 Å². The maximum absolute atomic E-state index is 13.1. The molecule has 2 heterocycles. The standard InChI is InChI=1S/C21H22BrN3O3S/c1-28-12-6-11-25-20(27)18(13-15-7-2-3-8-17(15)22)29-21(25)16(14-23)19(26)24-9-4-5-10-24/h2-3,7-8,13H,4-6,9-12H2,1H3. The quantitative estimate of drug-likeness (QED) is 0.597. The van der Waals surface area contributed by atoms with Gasteiger partial charge in [0.05, 0.1) is 4.53 Å². The fourth-order valence-corrected chi connectivity index (χ4v) is 4.78. The molecule has 2 aromatic rings. The van der Waals surface area contributed by atoms with Crippen LogP contribution in [-0.2, 0) is 16.1 Å². The molecular weight excluding hydrogens is 454 g/mol. The molecule has 152 valence electrons. The summed E-state index contributed by atoms with van der Waals surface area (Å²) in [5.41, 5.74) is 0.711. The predicted molar refractivity (Wildman–Crippen MR) is 117 cm³/mol. The van der Waals surface area contributed by atoms with E-state index in [2.05, 4.69) is 22.0 Å². The highest BCUT2D eigenvalue weighted by Crippen LogP contribution is 2.16. The summed E-state index contributed by atoms with van der Waals surface area (Å²) in [7, 11) is 1.60. The molecule has 1 aliphatic heterocycles. The van der Waals surface area contributed by atoms with E-state index in [4.69, 9.17) is 4.74 Å². The van der Waals surface area contributed by atoms with E-state index in [1.807, 2.05) is 24.3 Å². The number of methoxy groups -OCH3 is 1. The van der Waals surface area contributed by atoms with Crippen LogP contribution in [0.5, 0.6) is 0 Å². The van der Waals surface area contributed by atoms with Gasteiger partial charge in [0.2, 0.25) is 0 Å². The summed E-state index contributed by atoms with van der Waals surface area (Å²) in [6.45, 7) is 2.19. The van der Waals surface area contributed by atoms with Crippen LogP contribution in [0, 0.1) is 11.3 Å². The number of amides is 1. The van der Waals surface area contributed by atoms with Crippen LogP contribution in [0.3, 0.4) is 0 Å². The number of halogens is 1. The molecule has 0 unspecified atom stereocenters. The van der Waals surface area contributed by atoms with Crippen LogP contribution in [0.1, 0.15) is 24.8 Å². The molecule has 29 heavy (non-hydrogen) atoms. The average Bonchev–Trinajstić information content (AvgIpc) is 3.35. The van der Waals surface area contributed by atoms with E-state index >= 15 is 0 Å². The minimum absolute atomic E-state index is 0.0400. The van der Waals surface area contributed by atoms with Crippen LogP contribution in [0.15, 0.2) is 33.5 Å². The number of aromatic nitrogens is 1. The van der Waals surface area contributed by atoms with E-state index in [9.17, 15) is 14.9 Å². The van der Waals surface area contributed by atoms with Crippen molar-refractivity contribution in [2.24, 2.45) is 0 Å². The maximum atomic E-state index is 13.1. The van der Waals surface area contributed by atoms with Crippen molar-refractivity contribution >= 4 is 44.8 Å². The molecule has 0 saturated carbocycles. The average molecular weight is 476 g/mol. The summed E-state index contributed by atoms with van der Waals surface area (Å²) in [5, 5.41) is 9.75. The second-order valence-electron chi connectivity index (χ2n) is 6.73. The molecule has 1 fully saturated rings. The number of nitrogens with zero attached hydrogens (tertiary/aromatic N) is 3. The van der Waals surface area contributed by atoms with Crippen LogP contribution in [0.25, 0.3) is 11.6 Å². The van der Waals surface area contributed by atoms with E-state index in [-0.39, 0.29) is 17.0 Å². The lowest BCUT2D eigenvalue weighted by molar-refractivity contribution is -0.123. The third-order valence-corrected chi connectivity index (χ3v) is 6.61. The minimum atomic E-state index is -0.292. The van der Waals surface area contributed by atoms with E-state index in [0.717, 1.165) is 22.9 Å². The number of rotatable bonds is 6. The van der Waals surface area contributed by atoms with Gasteiger partial charge in [-0.05, 0) is 37.0 Å². The number of hydrogen-bond acceptors (Lipinski definition) is 5. The van der Waals surface area contributed by atoms with Gasteiger partial charge >= 0.3 is 0 Å². The lowest BCUT2D eigenvalue weighted by Gasteiger charge is -2.14. The van der Waals surface area contributed by atoms with Crippen molar-refractivity contribution < 1.29 is 9.53 Å². The van der Waals surface area contributed by atoms with Crippen molar-refractivity contribution in [1.82, 2.24) is 9.47 Å². The minimum Gasteiger partial charge on any atom is -0.385 e. The summed E-state index contributed by atoms with van der Waals surface area (Å²) in [6.07, 6.45) is 4.29. The van der Waals surface area contributed by atoms with Crippen molar-refractivity contribution in [2.75, 3.05) is 26.8 Å². The molecule has 6 nitrogen and oxygen atoms in total. The van der Waals surface area contributed by atoms with Crippen molar-refractivity contribution in [1.29, 1.82) is 5.26 Å². The van der Waals surface area contributed by atoms with E-state index in [1.54, 1.807) is 22.7 Å². The number of benzene rings is 1. The normalized spacial score (nSPS) is 15.5. The van der Waals surface area contributed by atoms with Crippen LogP contribution < -0.4 is 14.8 Å². The fourth-order valence-electron chi connectivity index (χ4n) is 3.27. The molecule has 0 atom stereocenters. The number of likely N-dealkylation sites (tertiary alicyclic amines) is 1. The highest BCUT2D eigenvalue weighted by molar-refractivity contribution is 9.10. The van der Waals surface area contributed by atoms with Crippen LogP contribution in [0.2, 0.25) is 0 Å². The number of carbonyl (C=O) groups is 1. The topological polar surface area (TPSA) is 75.3 Å². The molecule has 1 aliphatic rings. The Hall–Kier alpha value is -2.21. The van der Waals surface area contributed by atoms with Gasteiger partial charge in [-0.1, -0.05) is 34.1 Å². The highest BCUT2D eigenvalue weighted by Gasteiger charge is 2.24. The molecular formula is C21H22BrN3O3S. The third-order valence-electron chi connectivity index (χ3n) is 4.76. The molecule has 1 aromatic carbocycles. The van der Waals surface area contributed by atoms with Gasteiger partial charge in [-0.15, -0.1) is 11.3 Å². The molecule has 1 amide bonds. The van der Waals surface area contributed by atoms with E-state index < -0.39 is 0 Å². The first-order valence-corrected chi connectivity index (χ1v) is 11.1. The zero-order chi connectivity index (χ0) is 20.8. The lowest BCUT2D eigenvalue weighted by atomic mass is 10.2.